The van der Waals surface area contributed by atoms with Crippen molar-refractivity contribution < 1.29 is 14.3 Å². The number of nitrogens with zero attached hydrogens (tertiary/aromatic N) is 3. The molecule has 1 amide bonds. The molecule has 4 N–H and O–H groups in total. The van der Waals surface area contributed by atoms with Crippen LogP contribution < -0.4 is 11.1 Å². The number of rotatable bonds is 5. The predicted octanol–water partition coefficient (Wildman–Crippen LogP) is 0.562. The molecule has 0 bridgehead atoms. The van der Waals surface area contributed by atoms with Crippen molar-refractivity contribution in [3.05, 3.63) is 24.2 Å². The largest absolute Gasteiger partial charge is 0.466 e. The summed E-state index contributed by atoms with van der Waals surface area (Å²) in [6, 6.07) is 3.49. The topological polar surface area (TPSA) is 107 Å². The van der Waals surface area contributed by atoms with Gasteiger partial charge in [0, 0.05) is 33.2 Å². The number of furan rings is 1. The average molecular weight is 479 g/mol. The zero-order valence-corrected chi connectivity index (χ0v) is 18.2. The van der Waals surface area contributed by atoms with Crippen LogP contribution in [0.2, 0.25) is 0 Å². The van der Waals surface area contributed by atoms with Crippen LogP contribution in [-0.2, 0) is 10.4 Å². The maximum atomic E-state index is 11.6. The van der Waals surface area contributed by atoms with E-state index in [1.807, 2.05) is 13.8 Å². The SMILES string of the molecule is CN=C(NCC(C)(O)c1ccco1)N1CCN(C(C)(C)C(N)=O)CC1.I. The molecule has 2 rings (SSSR count). The molecule has 0 aromatic carbocycles. The lowest BCUT2D eigenvalue weighted by molar-refractivity contribution is -0.129. The first-order valence-electron chi connectivity index (χ1n) is 8.45. The van der Waals surface area contributed by atoms with E-state index in [0.29, 0.717) is 24.8 Å². The third kappa shape index (κ3) is 5.10. The van der Waals surface area contributed by atoms with Crippen LogP contribution in [0.1, 0.15) is 26.5 Å². The van der Waals surface area contributed by atoms with Gasteiger partial charge in [-0.05, 0) is 32.9 Å². The summed E-state index contributed by atoms with van der Waals surface area (Å²) in [6.45, 7) is 8.53. The zero-order valence-electron chi connectivity index (χ0n) is 15.9. The van der Waals surface area contributed by atoms with E-state index in [2.05, 4.69) is 20.1 Å². The van der Waals surface area contributed by atoms with Crippen LogP contribution in [0.25, 0.3) is 0 Å². The summed E-state index contributed by atoms with van der Waals surface area (Å²) < 4.78 is 5.29. The van der Waals surface area contributed by atoms with E-state index in [1.165, 1.54) is 0 Å². The van der Waals surface area contributed by atoms with Crippen LogP contribution in [0.15, 0.2) is 27.8 Å². The molecule has 0 spiro atoms. The number of amides is 1. The van der Waals surface area contributed by atoms with E-state index in [1.54, 1.807) is 32.4 Å². The number of nitrogens with one attached hydrogen (secondary N) is 1. The fourth-order valence-electron chi connectivity index (χ4n) is 2.89. The average Bonchev–Trinajstić information content (AvgIpc) is 3.11. The highest BCUT2D eigenvalue weighted by Gasteiger charge is 2.35. The number of guanidine groups is 1. The van der Waals surface area contributed by atoms with Gasteiger partial charge in [0.15, 0.2) is 5.96 Å². The number of aliphatic imine (C=N–C) groups is 1. The molecule has 1 unspecified atom stereocenters. The molecule has 1 atom stereocenters. The molecule has 148 valence electrons. The minimum atomic E-state index is -1.13. The van der Waals surface area contributed by atoms with Crippen molar-refractivity contribution in [1.29, 1.82) is 0 Å². The molecule has 0 aliphatic carbocycles. The second-order valence-corrected chi connectivity index (χ2v) is 7.05. The summed E-state index contributed by atoms with van der Waals surface area (Å²) in [5, 5.41) is 13.7. The van der Waals surface area contributed by atoms with Gasteiger partial charge in [0.25, 0.3) is 0 Å². The minimum Gasteiger partial charge on any atom is -0.466 e. The Labute approximate surface area is 171 Å². The molecule has 1 aliphatic rings. The number of hydrogen-bond acceptors (Lipinski definition) is 5. The lowest BCUT2D eigenvalue weighted by Gasteiger charge is -2.43. The molecule has 2 heterocycles. The van der Waals surface area contributed by atoms with E-state index in [9.17, 15) is 9.90 Å². The molecule has 1 aromatic heterocycles. The highest BCUT2D eigenvalue weighted by atomic mass is 127. The second kappa shape index (κ2) is 9.05. The summed E-state index contributed by atoms with van der Waals surface area (Å²) in [4.78, 5) is 20.1. The smallest absolute Gasteiger partial charge is 0.237 e. The van der Waals surface area contributed by atoms with Gasteiger partial charge < -0.3 is 25.5 Å². The third-order valence-corrected chi connectivity index (χ3v) is 4.83. The quantitative estimate of drug-likeness (QED) is 0.324. The third-order valence-electron chi connectivity index (χ3n) is 4.83. The fraction of sp³-hybridized carbons (Fsp3) is 0.647. The Morgan fingerprint density at radius 3 is 2.42 bits per heavy atom. The van der Waals surface area contributed by atoms with E-state index in [0.717, 1.165) is 13.1 Å². The number of halogens is 1. The van der Waals surface area contributed by atoms with E-state index in [-0.39, 0.29) is 36.4 Å². The first-order chi connectivity index (χ1) is 11.7. The molecule has 1 aliphatic heterocycles. The monoisotopic (exact) mass is 479 g/mol. The van der Waals surface area contributed by atoms with Crippen LogP contribution in [0.3, 0.4) is 0 Å². The van der Waals surface area contributed by atoms with Crippen molar-refractivity contribution in [2.45, 2.75) is 31.9 Å². The van der Waals surface area contributed by atoms with Crippen molar-refractivity contribution in [2.24, 2.45) is 10.7 Å². The summed E-state index contributed by atoms with van der Waals surface area (Å²) in [7, 11) is 1.71. The highest BCUT2D eigenvalue weighted by molar-refractivity contribution is 14.0. The van der Waals surface area contributed by atoms with Gasteiger partial charge in [-0.15, -0.1) is 24.0 Å². The van der Waals surface area contributed by atoms with E-state index in [4.69, 9.17) is 10.2 Å². The van der Waals surface area contributed by atoms with Gasteiger partial charge in [-0.2, -0.15) is 0 Å². The molecule has 9 heteroatoms. The molecule has 0 radical (unpaired) electrons. The maximum Gasteiger partial charge on any atom is 0.237 e. The molecule has 1 saturated heterocycles. The first-order valence-corrected chi connectivity index (χ1v) is 8.45. The molecular weight excluding hydrogens is 449 g/mol. The van der Waals surface area contributed by atoms with Crippen molar-refractivity contribution in [3.8, 4) is 0 Å². The van der Waals surface area contributed by atoms with Crippen LogP contribution in [0.4, 0.5) is 0 Å². The van der Waals surface area contributed by atoms with Crippen molar-refractivity contribution in [3.63, 3.8) is 0 Å². The van der Waals surface area contributed by atoms with E-state index >= 15 is 0 Å². The highest BCUT2D eigenvalue weighted by Crippen LogP contribution is 2.20. The molecular formula is C17H30IN5O3. The second-order valence-electron chi connectivity index (χ2n) is 7.05. The molecule has 1 aromatic rings. The Balaban J connectivity index is 0.00000338. The molecule has 26 heavy (non-hydrogen) atoms. The minimum absolute atomic E-state index is 0. The standard InChI is InChI=1S/C17H29N5O3.HI/c1-16(2,14(18)23)22-9-7-21(8-10-22)15(19-4)20-12-17(3,24)13-6-5-11-25-13;/h5-6,11,24H,7-10,12H2,1-4H3,(H2,18,23)(H,19,20);1H. The van der Waals surface area contributed by atoms with Crippen LogP contribution in [-0.4, -0.2) is 72.1 Å². The molecule has 1 fully saturated rings. The number of carbonyl (C=O) groups is 1. The lowest BCUT2D eigenvalue weighted by Crippen LogP contribution is -2.61. The number of hydrogen-bond donors (Lipinski definition) is 3. The van der Waals surface area contributed by atoms with Gasteiger partial charge in [-0.1, -0.05) is 0 Å². The van der Waals surface area contributed by atoms with E-state index < -0.39 is 11.1 Å². The predicted molar refractivity (Wildman–Crippen MR) is 111 cm³/mol. The van der Waals surface area contributed by atoms with Gasteiger partial charge in [0.2, 0.25) is 5.91 Å². The Morgan fingerprint density at radius 1 is 1.35 bits per heavy atom. The fourth-order valence-corrected chi connectivity index (χ4v) is 2.89. The Bertz CT molecular complexity index is 608. The summed E-state index contributed by atoms with van der Waals surface area (Å²) in [6.07, 6.45) is 1.54. The van der Waals surface area contributed by atoms with Gasteiger partial charge in [0.05, 0.1) is 18.3 Å². The number of piperazine rings is 1. The van der Waals surface area contributed by atoms with Crippen molar-refractivity contribution >= 4 is 35.8 Å². The van der Waals surface area contributed by atoms with Crippen LogP contribution in [0.5, 0.6) is 0 Å². The lowest BCUT2D eigenvalue weighted by atomic mass is 10.0. The van der Waals surface area contributed by atoms with Gasteiger partial charge in [0.1, 0.15) is 11.4 Å². The normalized spacial score (nSPS) is 18.8. The molecule has 0 saturated carbocycles. The van der Waals surface area contributed by atoms with Crippen molar-refractivity contribution in [1.82, 2.24) is 15.1 Å². The first kappa shape index (κ1) is 22.7. The molecule has 8 nitrogen and oxygen atoms in total. The van der Waals surface area contributed by atoms with Crippen LogP contribution in [0, 0.1) is 0 Å². The van der Waals surface area contributed by atoms with Crippen molar-refractivity contribution in [2.75, 3.05) is 39.8 Å². The summed E-state index contributed by atoms with van der Waals surface area (Å²) in [5.74, 6) is 0.893. The summed E-state index contributed by atoms with van der Waals surface area (Å²) in [5.41, 5.74) is 3.71. The maximum absolute atomic E-state index is 11.6. The number of nitrogens with two attached hydrogens (primary N) is 1. The van der Waals surface area contributed by atoms with Gasteiger partial charge >= 0.3 is 0 Å². The Kier molecular flexibility index (Phi) is 7.90. The number of carbonyl (C=O) groups excluding carboxylic acids is 1. The number of primary amides is 1. The number of aliphatic hydroxyl groups is 1. The van der Waals surface area contributed by atoms with Gasteiger partial charge in [-0.25, -0.2) is 0 Å². The summed E-state index contributed by atoms with van der Waals surface area (Å²) >= 11 is 0. The Morgan fingerprint density at radius 2 is 1.96 bits per heavy atom. The Hall–Kier alpha value is -1.33. The van der Waals surface area contributed by atoms with Crippen LogP contribution >= 0.6 is 24.0 Å². The van der Waals surface area contributed by atoms with Gasteiger partial charge in [-0.3, -0.25) is 14.7 Å². The zero-order chi connectivity index (χ0) is 18.7.